The van der Waals surface area contributed by atoms with Gasteiger partial charge in [0.15, 0.2) is 11.6 Å². The number of rotatable bonds is 3. The minimum absolute atomic E-state index is 0.0902. The van der Waals surface area contributed by atoms with Gasteiger partial charge in [0.25, 0.3) is 0 Å². The molecule has 0 aliphatic carbocycles. The molecule has 4 N–H and O–H groups in total. The minimum atomic E-state index is -3.91. The van der Waals surface area contributed by atoms with E-state index in [4.69, 9.17) is 10.9 Å². The van der Waals surface area contributed by atoms with Gasteiger partial charge in [-0.3, -0.25) is 0 Å². The first-order valence-corrected chi connectivity index (χ1v) is 8.10. The molecule has 0 bridgehead atoms. The number of sulfonamides is 1. The van der Waals surface area contributed by atoms with Crippen LogP contribution in [-0.4, -0.2) is 8.42 Å². The lowest BCUT2D eigenvalue weighted by molar-refractivity contribution is 0.506. The second-order valence-corrected chi connectivity index (χ2v) is 7.01. The first-order chi connectivity index (χ1) is 9.68. The predicted molar refractivity (Wildman–Crippen MR) is 77.4 cm³/mol. The smallest absolute Gasteiger partial charge is 0.238 e. The molecule has 0 heterocycles. The van der Waals surface area contributed by atoms with Gasteiger partial charge in [0.1, 0.15) is 0 Å². The molecule has 0 radical (unpaired) electrons. The fourth-order valence-electron chi connectivity index (χ4n) is 1.75. The molecule has 21 heavy (non-hydrogen) atoms. The van der Waals surface area contributed by atoms with E-state index in [1.165, 1.54) is 12.1 Å². The lowest BCUT2D eigenvalue weighted by atomic mass is 10.2. The van der Waals surface area contributed by atoms with Crippen molar-refractivity contribution >= 4 is 27.5 Å². The third-order valence-corrected chi connectivity index (χ3v) is 4.93. The highest BCUT2D eigenvalue weighted by Gasteiger charge is 2.16. The van der Waals surface area contributed by atoms with E-state index >= 15 is 0 Å². The molecule has 4 nitrogen and oxygen atoms in total. The molecule has 2 rings (SSSR count). The predicted octanol–water partition coefficient (Wildman–Crippen LogP) is 2.65. The van der Waals surface area contributed by atoms with Crippen LogP contribution in [0.4, 0.5) is 14.5 Å². The quantitative estimate of drug-likeness (QED) is 0.847. The van der Waals surface area contributed by atoms with E-state index in [-0.39, 0.29) is 10.6 Å². The Balaban J connectivity index is 2.49. The van der Waals surface area contributed by atoms with Gasteiger partial charge >= 0.3 is 0 Å². The number of primary sulfonamides is 1. The Bertz CT molecular complexity index is 808. The van der Waals surface area contributed by atoms with Gasteiger partial charge in [0.05, 0.1) is 4.90 Å². The maximum atomic E-state index is 13.2. The molecular formula is C13H12F2N2O2S2. The van der Waals surface area contributed by atoms with Gasteiger partial charge < -0.3 is 5.73 Å². The molecule has 0 saturated carbocycles. The van der Waals surface area contributed by atoms with E-state index in [1.54, 1.807) is 13.0 Å². The number of hydrogen-bond acceptors (Lipinski definition) is 4. The second kappa shape index (κ2) is 5.63. The summed E-state index contributed by atoms with van der Waals surface area (Å²) in [5.41, 5.74) is 6.29. The van der Waals surface area contributed by atoms with E-state index in [0.29, 0.717) is 15.4 Å². The van der Waals surface area contributed by atoms with E-state index in [1.807, 2.05) is 0 Å². The summed E-state index contributed by atoms with van der Waals surface area (Å²) in [7, 11) is -3.91. The monoisotopic (exact) mass is 330 g/mol. The fourth-order valence-corrected chi connectivity index (χ4v) is 3.66. The maximum Gasteiger partial charge on any atom is 0.238 e. The fraction of sp³-hybridized carbons (Fsp3) is 0.0769. The molecule has 0 spiro atoms. The van der Waals surface area contributed by atoms with Crippen molar-refractivity contribution in [2.24, 2.45) is 5.14 Å². The Labute approximate surface area is 125 Å². The van der Waals surface area contributed by atoms with Crippen molar-refractivity contribution in [1.29, 1.82) is 0 Å². The highest BCUT2D eigenvalue weighted by molar-refractivity contribution is 7.99. The molecule has 0 aliphatic rings. The average molecular weight is 330 g/mol. The van der Waals surface area contributed by atoms with Crippen LogP contribution in [0.5, 0.6) is 0 Å². The third kappa shape index (κ3) is 3.52. The van der Waals surface area contributed by atoms with Crippen LogP contribution in [0.2, 0.25) is 0 Å². The molecule has 8 heteroatoms. The number of nitrogen functional groups attached to an aromatic ring is 1. The van der Waals surface area contributed by atoms with Crippen molar-refractivity contribution < 1.29 is 17.2 Å². The van der Waals surface area contributed by atoms with E-state index in [2.05, 4.69) is 0 Å². The Kier molecular flexibility index (Phi) is 4.22. The molecule has 0 saturated heterocycles. The number of hydrogen-bond donors (Lipinski definition) is 2. The summed E-state index contributed by atoms with van der Waals surface area (Å²) >= 11 is 1.07. The highest BCUT2D eigenvalue weighted by Crippen LogP contribution is 2.35. The van der Waals surface area contributed by atoms with Crippen LogP contribution >= 0.6 is 11.8 Å². The highest BCUT2D eigenvalue weighted by atomic mass is 32.2. The van der Waals surface area contributed by atoms with Crippen LogP contribution < -0.4 is 10.9 Å². The minimum Gasteiger partial charge on any atom is -0.399 e. The van der Waals surface area contributed by atoms with Crippen molar-refractivity contribution in [2.75, 3.05) is 5.73 Å². The Morgan fingerprint density at radius 3 is 2.33 bits per heavy atom. The summed E-state index contributed by atoms with van der Waals surface area (Å²) in [4.78, 5) is 0.834. The summed E-state index contributed by atoms with van der Waals surface area (Å²) in [6.45, 7) is 1.57. The van der Waals surface area contributed by atoms with Crippen LogP contribution in [0.1, 0.15) is 5.56 Å². The van der Waals surface area contributed by atoms with Gasteiger partial charge in [0.2, 0.25) is 10.0 Å². The van der Waals surface area contributed by atoms with Gasteiger partial charge in [-0.2, -0.15) is 0 Å². The topological polar surface area (TPSA) is 86.2 Å². The summed E-state index contributed by atoms with van der Waals surface area (Å²) in [5.74, 6) is -1.93. The Hall–Kier alpha value is -1.64. The molecule has 0 unspecified atom stereocenters. The van der Waals surface area contributed by atoms with E-state index in [9.17, 15) is 17.2 Å². The van der Waals surface area contributed by atoms with Gasteiger partial charge in [-0.1, -0.05) is 11.8 Å². The summed E-state index contributed by atoms with van der Waals surface area (Å²) in [6, 6.07) is 6.23. The standard InChI is InChI=1S/C13H12F2N2O2S2/c1-7-12(4-8(16)5-13(7)21(17,18)19)20-9-2-3-10(14)11(15)6-9/h2-6H,16H2,1H3,(H2,17,18,19). The van der Waals surface area contributed by atoms with Crippen molar-refractivity contribution in [3.8, 4) is 0 Å². The number of nitrogens with two attached hydrogens (primary N) is 2. The van der Waals surface area contributed by atoms with Crippen LogP contribution in [0, 0.1) is 18.6 Å². The van der Waals surface area contributed by atoms with Crippen molar-refractivity contribution in [3.05, 3.63) is 47.5 Å². The molecule has 2 aromatic carbocycles. The first kappa shape index (κ1) is 15.7. The Morgan fingerprint density at radius 2 is 1.76 bits per heavy atom. The van der Waals surface area contributed by atoms with Crippen molar-refractivity contribution in [3.63, 3.8) is 0 Å². The van der Waals surface area contributed by atoms with Gasteiger partial charge in [-0.25, -0.2) is 22.3 Å². The lowest BCUT2D eigenvalue weighted by Gasteiger charge is -2.11. The first-order valence-electron chi connectivity index (χ1n) is 5.74. The zero-order chi connectivity index (χ0) is 15.8. The Morgan fingerprint density at radius 1 is 1.10 bits per heavy atom. The normalized spacial score (nSPS) is 11.6. The summed E-state index contributed by atoms with van der Waals surface area (Å²) in [5, 5.41) is 5.13. The number of anilines is 1. The zero-order valence-corrected chi connectivity index (χ0v) is 12.6. The second-order valence-electron chi connectivity index (χ2n) is 4.37. The molecule has 0 fully saturated rings. The van der Waals surface area contributed by atoms with Crippen molar-refractivity contribution in [1.82, 2.24) is 0 Å². The molecule has 0 atom stereocenters. The number of halogens is 2. The van der Waals surface area contributed by atoms with Crippen LogP contribution in [0.15, 0.2) is 45.0 Å². The molecule has 112 valence electrons. The summed E-state index contributed by atoms with van der Waals surface area (Å²) in [6.07, 6.45) is 0. The maximum absolute atomic E-state index is 13.2. The summed E-state index contributed by atoms with van der Waals surface area (Å²) < 4.78 is 49.1. The molecule has 0 aliphatic heterocycles. The lowest BCUT2D eigenvalue weighted by Crippen LogP contribution is -2.14. The van der Waals surface area contributed by atoms with Crippen LogP contribution in [0.25, 0.3) is 0 Å². The van der Waals surface area contributed by atoms with E-state index < -0.39 is 21.7 Å². The van der Waals surface area contributed by atoms with Gasteiger partial charge in [-0.15, -0.1) is 0 Å². The largest absolute Gasteiger partial charge is 0.399 e. The van der Waals surface area contributed by atoms with Crippen molar-refractivity contribution in [2.45, 2.75) is 21.6 Å². The average Bonchev–Trinajstić information content (AvgIpc) is 2.36. The third-order valence-electron chi connectivity index (χ3n) is 2.76. The molecular weight excluding hydrogens is 318 g/mol. The van der Waals surface area contributed by atoms with E-state index in [0.717, 1.165) is 23.9 Å². The molecule has 0 aromatic heterocycles. The molecule has 0 amide bonds. The van der Waals surface area contributed by atoms with Crippen LogP contribution in [-0.2, 0) is 10.0 Å². The van der Waals surface area contributed by atoms with Gasteiger partial charge in [-0.05, 0) is 42.8 Å². The SMILES string of the molecule is Cc1c(Sc2ccc(F)c(F)c2)cc(N)cc1S(N)(=O)=O. The number of benzene rings is 2. The van der Waals surface area contributed by atoms with Gasteiger partial charge in [0, 0.05) is 15.5 Å². The molecule has 2 aromatic rings. The zero-order valence-electron chi connectivity index (χ0n) is 10.9. The van der Waals surface area contributed by atoms with Crippen LogP contribution in [0.3, 0.4) is 0 Å².